The van der Waals surface area contributed by atoms with Gasteiger partial charge in [0.1, 0.15) is 59.4 Å². The Labute approximate surface area is 200 Å². The van der Waals surface area contributed by atoms with Crippen LogP contribution in [0.2, 0.25) is 0 Å². The number of methoxy groups -OCH3 is 1. The SMILES string of the molecule is COc1ccc(CC[C@@H]2OC(=O)c3c(O)cc(O[C@@H]4O[C@H](CO)[C@@H](O)[C@H](O)[C@H]4O)cc3[C@H]2O)cc1. The van der Waals surface area contributed by atoms with Gasteiger partial charge in [-0.2, -0.15) is 0 Å². The number of esters is 1. The number of fused-ring (bicyclic) bond motifs is 1. The number of phenolic OH excluding ortho intramolecular Hbond substituents is 1. The second kappa shape index (κ2) is 10.4. The van der Waals surface area contributed by atoms with Crippen molar-refractivity contribution in [2.24, 2.45) is 0 Å². The highest BCUT2D eigenvalue weighted by Gasteiger charge is 2.45. The molecule has 0 bridgehead atoms. The van der Waals surface area contributed by atoms with Crippen molar-refractivity contribution in [3.8, 4) is 17.2 Å². The van der Waals surface area contributed by atoms with Crippen molar-refractivity contribution < 1.29 is 54.4 Å². The number of rotatable bonds is 7. The Morgan fingerprint density at radius 2 is 1.66 bits per heavy atom. The smallest absolute Gasteiger partial charge is 0.342 e. The van der Waals surface area contributed by atoms with Crippen molar-refractivity contribution in [2.45, 2.75) is 55.8 Å². The zero-order valence-corrected chi connectivity index (χ0v) is 18.9. The van der Waals surface area contributed by atoms with Crippen molar-refractivity contribution in [3.05, 3.63) is 53.1 Å². The summed E-state index contributed by atoms with van der Waals surface area (Å²) in [6.07, 6.45) is -8.93. The molecule has 35 heavy (non-hydrogen) atoms. The molecule has 0 amide bonds. The number of carbonyl (C=O) groups is 1. The number of benzene rings is 2. The maximum Gasteiger partial charge on any atom is 0.342 e. The monoisotopic (exact) mass is 492 g/mol. The Balaban J connectivity index is 1.52. The van der Waals surface area contributed by atoms with E-state index in [0.717, 1.165) is 11.6 Å². The van der Waals surface area contributed by atoms with Crippen LogP contribution >= 0.6 is 0 Å². The van der Waals surface area contributed by atoms with Crippen molar-refractivity contribution in [1.82, 2.24) is 0 Å². The van der Waals surface area contributed by atoms with E-state index in [1.54, 1.807) is 19.2 Å². The number of aliphatic hydroxyl groups excluding tert-OH is 5. The van der Waals surface area contributed by atoms with Gasteiger partial charge in [-0.05, 0) is 36.6 Å². The molecule has 2 aliphatic heterocycles. The highest BCUT2D eigenvalue weighted by Crippen LogP contribution is 2.40. The molecule has 0 radical (unpaired) electrons. The van der Waals surface area contributed by atoms with E-state index < -0.39 is 61.2 Å². The molecule has 11 heteroatoms. The first-order valence-electron chi connectivity index (χ1n) is 11.1. The average Bonchev–Trinajstić information content (AvgIpc) is 2.85. The van der Waals surface area contributed by atoms with Crippen molar-refractivity contribution in [2.75, 3.05) is 13.7 Å². The van der Waals surface area contributed by atoms with Gasteiger partial charge in [-0.3, -0.25) is 0 Å². The van der Waals surface area contributed by atoms with Gasteiger partial charge in [-0.25, -0.2) is 4.79 Å². The van der Waals surface area contributed by atoms with Gasteiger partial charge < -0.3 is 49.6 Å². The number of ether oxygens (including phenoxy) is 4. The van der Waals surface area contributed by atoms with E-state index in [0.29, 0.717) is 18.6 Å². The fourth-order valence-electron chi connectivity index (χ4n) is 4.22. The van der Waals surface area contributed by atoms with Crippen LogP contribution < -0.4 is 9.47 Å². The summed E-state index contributed by atoms with van der Waals surface area (Å²) >= 11 is 0. The van der Waals surface area contributed by atoms with Crippen LogP contribution in [0.5, 0.6) is 17.2 Å². The Kier molecular flexibility index (Phi) is 7.45. The zero-order valence-electron chi connectivity index (χ0n) is 18.9. The summed E-state index contributed by atoms with van der Waals surface area (Å²) in [5, 5.41) is 60.7. The van der Waals surface area contributed by atoms with Gasteiger partial charge in [0.15, 0.2) is 0 Å². The first kappa shape index (κ1) is 25.2. The van der Waals surface area contributed by atoms with Gasteiger partial charge in [0.05, 0.1) is 13.7 Å². The third-order valence-electron chi connectivity index (χ3n) is 6.23. The molecule has 4 rings (SSSR count). The highest BCUT2D eigenvalue weighted by atomic mass is 16.7. The van der Waals surface area contributed by atoms with Gasteiger partial charge in [-0.1, -0.05) is 12.1 Å². The minimum atomic E-state index is -1.67. The summed E-state index contributed by atoms with van der Waals surface area (Å²) in [5.41, 5.74) is 0.808. The van der Waals surface area contributed by atoms with E-state index in [1.807, 2.05) is 12.1 Å². The Morgan fingerprint density at radius 1 is 0.943 bits per heavy atom. The van der Waals surface area contributed by atoms with Gasteiger partial charge in [0.2, 0.25) is 6.29 Å². The van der Waals surface area contributed by atoms with E-state index in [-0.39, 0.29) is 16.9 Å². The molecule has 0 spiro atoms. The molecule has 190 valence electrons. The molecule has 1 fully saturated rings. The molecule has 2 heterocycles. The lowest BCUT2D eigenvalue weighted by atomic mass is 9.91. The lowest BCUT2D eigenvalue weighted by Gasteiger charge is -2.39. The van der Waals surface area contributed by atoms with Crippen LogP contribution in [0, 0.1) is 0 Å². The van der Waals surface area contributed by atoms with E-state index in [1.165, 1.54) is 6.07 Å². The molecular weight excluding hydrogens is 464 g/mol. The Bertz CT molecular complexity index is 1040. The standard InChI is InChI=1S/C24H28O11/c1-32-12-5-2-11(3-6-12)4-7-16-19(27)14-8-13(9-15(26)18(14)23(31)34-16)33-24-22(30)21(29)20(28)17(10-25)35-24/h2-3,5-6,8-9,16-17,19-22,24-30H,4,7,10H2,1H3/t16-,17+,19+,20+,21-,22+,24+/m0/s1. The summed E-state index contributed by atoms with van der Waals surface area (Å²) in [4.78, 5) is 12.6. The predicted molar refractivity (Wildman–Crippen MR) is 118 cm³/mol. The van der Waals surface area contributed by atoms with Gasteiger partial charge in [-0.15, -0.1) is 0 Å². The molecule has 0 saturated carbocycles. The van der Waals surface area contributed by atoms with Crippen LogP contribution in [0.4, 0.5) is 0 Å². The average molecular weight is 492 g/mol. The second-order valence-electron chi connectivity index (χ2n) is 8.50. The maximum atomic E-state index is 12.6. The molecular formula is C24H28O11. The molecule has 2 aliphatic rings. The molecule has 2 aromatic rings. The summed E-state index contributed by atoms with van der Waals surface area (Å²) < 4.78 is 21.4. The van der Waals surface area contributed by atoms with E-state index in [2.05, 4.69) is 0 Å². The minimum Gasteiger partial charge on any atom is -0.507 e. The van der Waals surface area contributed by atoms with Crippen LogP contribution in [-0.2, 0) is 15.9 Å². The number of cyclic esters (lactones) is 1. The summed E-state index contributed by atoms with van der Waals surface area (Å²) in [6.45, 7) is -0.638. The second-order valence-corrected chi connectivity index (χ2v) is 8.50. The molecule has 0 aliphatic carbocycles. The summed E-state index contributed by atoms with van der Waals surface area (Å²) in [5.74, 6) is -0.691. The van der Waals surface area contributed by atoms with Crippen LogP contribution in [-0.4, -0.2) is 87.1 Å². The lowest BCUT2D eigenvalue weighted by Crippen LogP contribution is -2.60. The fourth-order valence-corrected chi connectivity index (χ4v) is 4.22. The van der Waals surface area contributed by atoms with Crippen LogP contribution in [0.1, 0.15) is 34.0 Å². The lowest BCUT2D eigenvalue weighted by molar-refractivity contribution is -0.277. The maximum absolute atomic E-state index is 12.6. The van der Waals surface area contributed by atoms with Crippen molar-refractivity contribution in [3.63, 3.8) is 0 Å². The predicted octanol–water partition coefficient (Wildman–Crippen LogP) is -0.215. The number of phenols is 1. The first-order valence-corrected chi connectivity index (χ1v) is 11.1. The molecule has 1 saturated heterocycles. The first-order chi connectivity index (χ1) is 16.7. The largest absolute Gasteiger partial charge is 0.507 e. The number of aromatic hydroxyl groups is 1. The number of aryl methyl sites for hydroxylation is 1. The highest BCUT2D eigenvalue weighted by molar-refractivity contribution is 5.95. The van der Waals surface area contributed by atoms with Gasteiger partial charge >= 0.3 is 5.97 Å². The molecule has 0 aromatic heterocycles. The van der Waals surface area contributed by atoms with Crippen LogP contribution in [0.15, 0.2) is 36.4 Å². The van der Waals surface area contributed by atoms with E-state index in [9.17, 15) is 35.4 Å². The van der Waals surface area contributed by atoms with Crippen molar-refractivity contribution in [1.29, 1.82) is 0 Å². The summed E-state index contributed by atoms with van der Waals surface area (Å²) in [6, 6.07) is 9.71. The molecule has 6 N–H and O–H groups in total. The number of hydrogen-bond acceptors (Lipinski definition) is 11. The zero-order chi connectivity index (χ0) is 25.3. The fraction of sp³-hybridized carbons (Fsp3) is 0.458. The van der Waals surface area contributed by atoms with Gasteiger partial charge in [0.25, 0.3) is 0 Å². The third kappa shape index (κ3) is 5.06. The normalized spacial score (nSPS) is 30.3. The summed E-state index contributed by atoms with van der Waals surface area (Å²) in [7, 11) is 1.56. The third-order valence-corrected chi connectivity index (χ3v) is 6.23. The number of hydrogen-bond donors (Lipinski definition) is 6. The van der Waals surface area contributed by atoms with Crippen molar-refractivity contribution >= 4 is 5.97 Å². The number of carbonyl (C=O) groups excluding carboxylic acids is 1. The molecule has 0 unspecified atom stereocenters. The van der Waals surface area contributed by atoms with E-state index in [4.69, 9.17) is 18.9 Å². The minimum absolute atomic E-state index is 0.0700. The van der Waals surface area contributed by atoms with Crippen LogP contribution in [0.25, 0.3) is 0 Å². The Hall–Kier alpha value is -2.93. The number of aliphatic hydroxyl groups is 5. The molecule has 7 atom stereocenters. The van der Waals surface area contributed by atoms with E-state index >= 15 is 0 Å². The quantitative estimate of drug-likeness (QED) is 0.282. The van der Waals surface area contributed by atoms with Crippen LogP contribution in [0.3, 0.4) is 0 Å². The van der Waals surface area contributed by atoms with Gasteiger partial charge in [0, 0.05) is 11.6 Å². The topological polar surface area (TPSA) is 175 Å². The Morgan fingerprint density at radius 3 is 2.31 bits per heavy atom. The molecule has 2 aromatic carbocycles. The molecule has 11 nitrogen and oxygen atoms in total.